The van der Waals surface area contributed by atoms with Gasteiger partial charge in [0, 0.05) is 24.8 Å². The fourth-order valence-electron chi connectivity index (χ4n) is 1.99. The smallest absolute Gasteiger partial charge is 0.333 e. The molecule has 116 valence electrons. The fraction of sp³-hybridized carbons (Fsp3) is 0.267. The lowest BCUT2D eigenvalue weighted by molar-refractivity contribution is 0.410. The number of nitrogens with zero attached hydrogens (tertiary/aromatic N) is 3. The summed E-state index contributed by atoms with van der Waals surface area (Å²) >= 11 is 3.36. The number of rotatable bonds is 3. The summed E-state index contributed by atoms with van der Waals surface area (Å²) in [6, 6.07) is 7.47. The average molecular weight is 366 g/mol. The van der Waals surface area contributed by atoms with Crippen LogP contribution >= 0.6 is 15.9 Å². The van der Waals surface area contributed by atoms with E-state index >= 15 is 0 Å². The maximum absolute atomic E-state index is 12.0. The molecule has 0 fully saturated rings. The van der Waals surface area contributed by atoms with Gasteiger partial charge in [-0.05, 0) is 24.6 Å². The van der Waals surface area contributed by atoms with Gasteiger partial charge in [-0.25, -0.2) is 4.79 Å². The maximum atomic E-state index is 12.0. The molecule has 0 amide bonds. The van der Waals surface area contributed by atoms with Crippen LogP contribution in [0.15, 0.2) is 43.3 Å². The first-order valence-electron chi connectivity index (χ1n) is 6.60. The van der Waals surface area contributed by atoms with Crippen molar-refractivity contribution in [3.63, 3.8) is 0 Å². The van der Waals surface area contributed by atoms with Gasteiger partial charge >= 0.3 is 5.69 Å². The number of aliphatic imine (C=N–C) groups is 1. The van der Waals surface area contributed by atoms with Crippen molar-refractivity contribution >= 4 is 22.1 Å². The summed E-state index contributed by atoms with van der Waals surface area (Å²) < 4.78 is 2.91. The summed E-state index contributed by atoms with van der Waals surface area (Å²) in [5.74, 6) is -0.389. The largest absolute Gasteiger partial charge is 0.494 e. The van der Waals surface area contributed by atoms with Crippen molar-refractivity contribution in [3.05, 3.63) is 60.7 Å². The number of halogens is 1. The molecule has 0 bridgehead atoms. The first kappa shape index (κ1) is 16.2. The molecule has 0 saturated carbocycles. The fourth-order valence-corrected chi connectivity index (χ4v) is 2.25. The van der Waals surface area contributed by atoms with Crippen LogP contribution in [-0.2, 0) is 14.1 Å². The highest BCUT2D eigenvalue weighted by molar-refractivity contribution is 9.10. The number of aromatic nitrogens is 2. The molecule has 0 aliphatic rings. The highest BCUT2D eigenvalue weighted by Gasteiger charge is 2.13. The van der Waals surface area contributed by atoms with E-state index in [9.17, 15) is 14.7 Å². The summed E-state index contributed by atoms with van der Waals surface area (Å²) in [4.78, 5) is 28.0. The molecule has 1 aromatic carbocycles. The topological polar surface area (TPSA) is 76.6 Å². The van der Waals surface area contributed by atoms with E-state index in [4.69, 9.17) is 0 Å². The standard InChI is InChI=1S/C15H16BrN3O3/c1-9(10-4-6-11(16)7-5-10)17-8-12-13(20)18(2)15(22)19(3)14(12)21/h4-9,20H,1-3H3. The molecule has 1 aromatic heterocycles. The molecule has 0 aliphatic carbocycles. The third-order valence-corrected chi connectivity index (χ3v) is 3.98. The zero-order valence-corrected chi connectivity index (χ0v) is 14.0. The molecule has 2 aromatic rings. The van der Waals surface area contributed by atoms with E-state index < -0.39 is 11.2 Å². The van der Waals surface area contributed by atoms with Crippen LogP contribution in [0.5, 0.6) is 5.88 Å². The average Bonchev–Trinajstić information content (AvgIpc) is 2.51. The summed E-state index contributed by atoms with van der Waals surface area (Å²) in [5.41, 5.74) is -0.192. The van der Waals surface area contributed by atoms with Crippen molar-refractivity contribution in [2.24, 2.45) is 19.1 Å². The second-order valence-electron chi connectivity index (χ2n) is 4.95. The van der Waals surface area contributed by atoms with Crippen LogP contribution < -0.4 is 11.2 Å². The summed E-state index contributed by atoms with van der Waals surface area (Å²) in [6.45, 7) is 1.88. The Hall–Kier alpha value is -2.15. The van der Waals surface area contributed by atoms with Gasteiger partial charge in [0.15, 0.2) is 0 Å². The molecule has 1 unspecified atom stereocenters. The quantitative estimate of drug-likeness (QED) is 0.841. The van der Waals surface area contributed by atoms with Crippen LogP contribution in [-0.4, -0.2) is 20.5 Å². The van der Waals surface area contributed by atoms with Crippen LogP contribution in [0.25, 0.3) is 0 Å². The molecule has 0 radical (unpaired) electrons. The minimum absolute atomic E-state index is 0.00596. The number of benzene rings is 1. The Bertz CT molecular complexity index is 835. The molecule has 2 rings (SSSR count). The Labute approximate surface area is 135 Å². The van der Waals surface area contributed by atoms with E-state index in [0.29, 0.717) is 0 Å². The number of hydrogen-bond donors (Lipinski definition) is 1. The van der Waals surface area contributed by atoms with E-state index in [-0.39, 0.29) is 17.5 Å². The Balaban J connectivity index is 2.40. The maximum Gasteiger partial charge on any atom is 0.333 e. The molecule has 22 heavy (non-hydrogen) atoms. The summed E-state index contributed by atoms with van der Waals surface area (Å²) in [5, 5.41) is 9.96. The molecule has 1 heterocycles. The Morgan fingerprint density at radius 2 is 1.77 bits per heavy atom. The van der Waals surface area contributed by atoms with Crippen molar-refractivity contribution in [3.8, 4) is 5.88 Å². The Morgan fingerprint density at radius 3 is 2.36 bits per heavy atom. The predicted octanol–water partition coefficient (Wildman–Crippen LogP) is 1.73. The summed E-state index contributed by atoms with van der Waals surface area (Å²) in [7, 11) is 2.76. The van der Waals surface area contributed by atoms with Gasteiger partial charge in [0.05, 0.1) is 6.04 Å². The van der Waals surface area contributed by atoms with Crippen molar-refractivity contribution < 1.29 is 5.11 Å². The minimum Gasteiger partial charge on any atom is -0.494 e. The van der Waals surface area contributed by atoms with Gasteiger partial charge in [0.25, 0.3) is 5.56 Å². The van der Waals surface area contributed by atoms with Crippen molar-refractivity contribution in [2.75, 3.05) is 0 Å². The number of hydrogen-bond acceptors (Lipinski definition) is 4. The van der Waals surface area contributed by atoms with E-state index in [2.05, 4.69) is 20.9 Å². The van der Waals surface area contributed by atoms with E-state index in [0.717, 1.165) is 19.2 Å². The van der Waals surface area contributed by atoms with Gasteiger partial charge in [-0.15, -0.1) is 0 Å². The SMILES string of the molecule is CC(N=Cc1c(O)n(C)c(=O)n(C)c1=O)c1ccc(Br)cc1. The van der Waals surface area contributed by atoms with Crippen LogP contribution in [0, 0.1) is 0 Å². The molecule has 1 atom stereocenters. The van der Waals surface area contributed by atoms with Gasteiger partial charge in [0.2, 0.25) is 5.88 Å². The van der Waals surface area contributed by atoms with E-state index in [1.54, 1.807) is 0 Å². The molecular formula is C15H16BrN3O3. The molecular weight excluding hydrogens is 350 g/mol. The Kier molecular flexibility index (Phi) is 4.65. The zero-order chi connectivity index (χ0) is 16.4. The van der Waals surface area contributed by atoms with Gasteiger partial charge in [-0.2, -0.15) is 0 Å². The van der Waals surface area contributed by atoms with Crippen LogP contribution in [0.2, 0.25) is 0 Å². The highest BCUT2D eigenvalue weighted by atomic mass is 79.9. The van der Waals surface area contributed by atoms with Gasteiger partial charge in [-0.1, -0.05) is 28.1 Å². The van der Waals surface area contributed by atoms with E-state index in [1.807, 2.05) is 31.2 Å². The number of aromatic hydroxyl groups is 1. The first-order chi connectivity index (χ1) is 10.3. The van der Waals surface area contributed by atoms with Gasteiger partial charge in [-0.3, -0.25) is 18.9 Å². The lowest BCUT2D eigenvalue weighted by atomic mass is 10.1. The lowest BCUT2D eigenvalue weighted by Crippen LogP contribution is -2.38. The van der Waals surface area contributed by atoms with Crippen molar-refractivity contribution in [2.45, 2.75) is 13.0 Å². The predicted molar refractivity (Wildman–Crippen MR) is 88.7 cm³/mol. The first-order valence-corrected chi connectivity index (χ1v) is 7.40. The van der Waals surface area contributed by atoms with Gasteiger partial charge < -0.3 is 5.11 Å². The van der Waals surface area contributed by atoms with E-state index in [1.165, 1.54) is 20.3 Å². The molecule has 0 spiro atoms. The lowest BCUT2D eigenvalue weighted by Gasteiger charge is -2.09. The Morgan fingerprint density at radius 1 is 1.18 bits per heavy atom. The second kappa shape index (κ2) is 6.31. The third-order valence-electron chi connectivity index (χ3n) is 3.45. The summed E-state index contributed by atoms with van der Waals surface area (Å²) in [6.07, 6.45) is 1.31. The van der Waals surface area contributed by atoms with Crippen LogP contribution in [0.4, 0.5) is 0 Å². The van der Waals surface area contributed by atoms with Crippen LogP contribution in [0.3, 0.4) is 0 Å². The third kappa shape index (κ3) is 3.04. The molecule has 7 heteroatoms. The molecule has 0 saturated heterocycles. The normalized spacial score (nSPS) is 12.7. The minimum atomic E-state index is -0.583. The van der Waals surface area contributed by atoms with Crippen molar-refractivity contribution in [1.29, 1.82) is 0 Å². The van der Waals surface area contributed by atoms with Crippen LogP contribution in [0.1, 0.15) is 24.1 Å². The molecule has 6 nitrogen and oxygen atoms in total. The monoisotopic (exact) mass is 365 g/mol. The second-order valence-corrected chi connectivity index (χ2v) is 5.86. The highest BCUT2D eigenvalue weighted by Crippen LogP contribution is 2.19. The molecule has 1 N–H and O–H groups in total. The molecule has 0 aliphatic heterocycles. The van der Waals surface area contributed by atoms with Crippen molar-refractivity contribution in [1.82, 2.24) is 9.13 Å². The van der Waals surface area contributed by atoms with Gasteiger partial charge in [0.1, 0.15) is 5.56 Å². The zero-order valence-electron chi connectivity index (χ0n) is 12.4.